The number of anilines is 1. The molecule has 4 rings (SSSR count). The average Bonchev–Trinajstić information content (AvgIpc) is 3.59. The number of hydrogen-bond acceptors (Lipinski definition) is 5. The molecule has 2 aromatic carbocycles. The van der Waals surface area contributed by atoms with Crippen LogP contribution in [0.2, 0.25) is 0 Å². The minimum absolute atomic E-state index is 0.193. The van der Waals surface area contributed by atoms with Gasteiger partial charge in [-0.2, -0.15) is 0 Å². The maximum atomic E-state index is 15.1. The minimum atomic E-state index is -1.08. The van der Waals surface area contributed by atoms with Crippen LogP contribution in [0.1, 0.15) is 36.8 Å². The largest absolute Gasteiger partial charge is 0.494 e. The van der Waals surface area contributed by atoms with Crippen LogP contribution in [-0.2, 0) is 20.9 Å². The summed E-state index contributed by atoms with van der Waals surface area (Å²) in [4.78, 5) is 12.0. The van der Waals surface area contributed by atoms with Gasteiger partial charge >= 0.3 is 5.97 Å². The summed E-state index contributed by atoms with van der Waals surface area (Å²) in [7, 11) is 1.45. The third-order valence-corrected chi connectivity index (χ3v) is 5.94. The van der Waals surface area contributed by atoms with E-state index >= 15 is 4.39 Å². The zero-order valence-electron chi connectivity index (χ0n) is 17.9. The minimum Gasteiger partial charge on any atom is -0.494 e. The highest BCUT2D eigenvalue weighted by atomic mass is 19.1. The summed E-state index contributed by atoms with van der Waals surface area (Å²) < 4.78 is 31.6. The summed E-state index contributed by atoms with van der Waals surface area (Å²) in [5.74, 6) is -1.13. The topological polar surface area (TPSA) is 77.0 Å². The number of halogens is 1. The van der Waals surface area contributed by atoms with Gasteiger partial charge in [-0.15, -0.1) is 0 Å². The molecule has 0 bridgehead atoms. The van der Waals surface area contributed by atoms with Gasteiger partial charge in [-0.1, -0.05) is 6.07 Å². The highest BCUT2D eigenvalue weighted by Crippen LogP contribution is 2.36. The van der Waals surface area contributed by atoms with Crippen LogP contribution in [0.3, 0.4) is 0 Å². The number of benzene rings is 2. The summed E-state index contributed by atoms with van der Waals surface area (Å²) >= 11 is 0. The van der Waals surface area contributed by atoms with E-state index in [0.29, 0.717) is 49.5 Å². The molecule has 166 valence electrons. The van der Waals surface area contributed by atoms with Crippen molar-refractivity contribution >= 4 is 11.7 Å². The van der Waals surface area contributed by atoms with E-state index in [9.17, 15) is 9.90 Å². The van der Waals surface area contributed by atoms with Crippen molar-refractivity contribution in [2.75, 3.05) is 25.6 Å². The Morgan fingerprint density at radius 3 is 2.61 bits per heavy atom. The van der Waals surface area contributed by atoms with Crippen LogP contribution in [0, 0.1) is 12.7 Å². The van der Waals surface area contributed by atoms with Gasteiger partial charge in [0.15, 0.2) is 11.6 Å². The van der Waals surface area contributed by atoms with Gasteiger partial charge in [-0.25, -0.2) is 9.18 Å². The number of carboxylic acids is 1. The van der Waals surface area contributed by atoms with Crippen LogP contribution in [0.15, 0.2) is 30.3 Å². The molecule has 0 unspecified atom stereocenters. The van der Waals surface area contributed by atoms with E-state index < -0.39 is 17.3 Å². The molecule has 1 aliphatic carbocycles. The molecule has 6 nitrogen and oxygen atoms in total. The van der Waals surface area contributed by atoms with E-state index in [1.54, 1.807) is 18.2 Å². The molecule has 2 aliphatic rings. The zero-order chi connectivity index (χ0) is 22.0. The Kier molecular flexibility index (Phi) is 6.16. The Bertz CT molecular complexity index is 967. The van der Waals surface area contributed by atoms with Crippen LogP contribution in [0.4, 0.5) is 10.1 Å². The summed E-state index contributed by atoms with van der Waals surface area (Å²) in [5.41, 5.74) is 2.43. The van der Waals surface area contributed by atoms with Crippen molar-refractivity contribution in [3.63, 3.8) is 0 Å². The molecule has 1 saturated carbocycles. The number of methoxy groups -OCH3 is 1. The van der Waals surface area contributed by atoms with Gasteiger partial charge in [0.05, 0.1) is 19.8 Å². The van der Waals surface area contributed by atoms with Gasteiger partial charge in [-0.05, 0) is 60.7 Å². The summed E-state index contributed by atoms with van der Waals surface area (Å²) in [6.07, 6.45) is 3.05. The zero-order valence-corrected chi connectivity index (χ0v) is 17.9. The fourth-order valence-electron chi connectivity index (χ4n) is 3.96. The Hall–Kier alpha value is -2.64. The molecule has 0 spiro atoms. The standard InChI is InChI=1S/C24H28FNO5/c1-15-11-20(22(25)21(12-15)29-2)19-6-3-17(13-16(19)14-31-18-4-5-18)26-24(23(27)28)7-9-30-10-8-24/h3,6,11-13,18,26H,4-5,7-10,14H2,1-2H3,(H,27,28). The molecule has 0 amide bonds. The first-order valence-electron chi connectivity index (χ1n) is 10.6. The third kappa shape index (κ3) is 4.67. The van der Waals surface area contributed by atoms with Crippen LogP contribution < -0.4 is 10.1 Å². The van der Waals surface area contributed by atoms with Crippen molar-refractivity contribution in [2.24, 2.45) is 0 Å². The lowest BCUT2D eigenvalue weighted by molar-refractivity contribution is -0.145. The predicted molar refractivity (Wildman–Crippen MR) is 115 cm³/mol. The summed E-state index contributed by atoms with van der Waals surface area (Å²) in [6.45, 7) is 3.00. The van der Waals surface area contributed by atoms with E-state index in [2.05, 4.69) is 5.32 Å². The lowest BCUT2D eigenvalue weighted by Gasteiger charge is -2.35. The summed E-state index contributed by atoms with van der Waals surface area (Å²) in [6, 6.07) is 8.94. The van der Waals surface area contributed by atoms with Crippen LogP contribution in [0.25, 0.3) is 11.1 Å². The smallest absolute Gasteiger partial charge is 0.329 e. The Morgan fingerprint density at radius 1 is 1.23 bits per heavy atom. The van der Waals surface area contributed by atoms with Crippen molar-refractivity contribution in [3.05, 3.63) is 47.3 Å². The molecule has 0 radical (unpaired) electrons. The number of rotatable bonds is 8. The molecule has 1 aliphatic heterocycles. The normalized spacial score (nSPS) is 17.9. The van der Waals surface area contributed by atoms with E-state index in [1.165, 1.54) is 7.11 Å². The molecule has 31 heavy (non-hydrogen) atoms. The van der Waals surface area contributed by atoms with Crippen molar-refractivity contribution < 1.29 is 28.5 Å². The molecular formula is C24H28FNO5. The Morgan fingerprint density at radius 2 is 1.97 bits per heavy atom. The maximum absolute atomic E-state index is 15.1. The molecule has 2 fully saturated rings. The number of ether oxygens (including phenoxy) is 3. The van der Waals surface area contributed by atoms with Crippen molar-refractivity contribution in [1.29, 1.82) is 0 Å². The number of carboxylic acid groups (broad SMARTS) is 1. The van der Waals surface area contributed by atoms with Gasteiger partial charge in [0, 0.05) is 37.3 Å². The van der Waals surface area contributed by atoms with Gasteiger partial charge < -0.3 is 24.6 Å². The first-order valence-corrected chi connectivity index (χ1v) is 10.6. The average molecular weight is 429 g/mol. The molecule has 2 N–H and O–H groups in total. The molecule has 7 heteroatoms. The number of aryl methyl sites for hydroxylation is 1. The number of aliphatic carboxylic acids is 1. The van der Waals surface area contributed by atoms with E-state index in [0.717, 1.165) is 24.0 Å². The van der Waals surface area contributed by atoms with Crippen LogP contribution in [-0.4, -0.2) is 43.0 Å². The Labute approximate surface area is 181 Å². The lowest BCUT2D eigenvalue weighted by Crippen LogP contribution is -2.50. The molecular weight excluding hydrogens is 401 g/mol. The fourth-order valence-corrected chi connectivity index (χ4v) is 3.96. The van der Waals surface area contributed by atoms with Gasteiger partial charge in [0.25, 0.3) is 0 Å². The molecule has 0 aromatic heterocycles. The molecule has 2 aromatic rings. The highest BCUT2D eigenvalue weighted by molar-refractivity contribution is 5.83. The monoisotopic (exact) mass is 429 g/mol. The molecule has 0 atom stereocenters. The van der Waals surface area contributed by atoms with Crippen LogP contribution in [0.5, 0.6) is 5.75 Å². The van der Waals surface area contributed by atoms with Crippen LogP contribution >= 0.6 is 0 Å². The first-order chi connectivity index (χ1) is 14.9. The Balaban J connectivity index is 1.71. The first kappa shape index (κ1) is 21.6. The van der Waals surface area contributed by atoms with Crippen molar-refractivity contribution in [2.45, 2.75) is 50.9 Å². The fraction of sp³-hybridized carbons (Fsp3) is 0.458. The van der Waals surface area contributed by atoms with Gasteiger partial charge in [-0.3, -0.25) is 0 Å². The second-order valence-electron chi connectivity index (χ2n) is 8.34. The lowest BCUT2D eigenvalue weighted by atomic mass is 9.89. The number of hydrogen-bond donors (Lipinski definition) is 2. The van der Waals surface area contributed by atoms with Gasteiger partial charge in [0.2, 0.25) is 0 Å². The summed E-state index contributed by atoms with van der Waals surface area (Å²) in [5, 5.41) is 13.1. The number of nitrogens with one attached hydrogen (secondary N) is 1. The third-order valence-electron chi connectivity index (χ3n) is 5.94. The van der Waals surface area contributed by atoms with E-state index in [-0.39, 0.29) is 11.9 Å². The predicted octanol–water partition coefficient (Wildman–Crippen LogP) is 4.53. The second kappa shape index (κ2) is 8.85. The SMILES string of the molecule is COc1cc(C)cc(-c2ccc(NC3(C(=O)O)CCOCC3)cc2COC2CC2)c1F. The number of carbonyl (C=O) groups is 1. The highest BCUT2D eigenvalue weighted by Gasteiger charge is 2.40. The van der Waals surface area contributed by atoms with E-state index in [1.807, 2.05) is 19.1 Å². The molecule has 1 saturated heterocycles. The van der Waals surface area contributed by atoms with Crippen molar-refractivity contribution in [3.8, 4) is 16.9 Å². The van der Waals surface area contributed by atoms with Gasteiger partial charge in [0.1, 0.15) is 5.54 Å². The van der Waals surface area contributed by atoms with Crippen molar-refractivity contribution in [1.82, 2.24) is 0 Å². The quantitative estimate of drug-likeness (QED) is 0.642. The second-order valence-corrected chi connectivity index (χ2v) is 8.34. The maximum Gasteiger partial charge on any atom is 0.329 e. The molecule has 1 heterocycles. The van der Waals surface area contributed by atoms with E-state index in [4.69, 9.17) is 14.2 Å².